The molecule has 2 amide bonds. The lowest BCUT2D eigenvalue weighted by molar-refractivity contribution is -0.140. The zero-order valence-corrected chi connectivity index (χ0v) is 25.1. The lowest BCUT2D eigenvalue weighted by atomic mass is 10.1. The van der Waals surface area contributed by atoms with Crippen LogP contribution in [-0.2, 0) is 26.2 Å². The number of nitrogens with zero attached hydrogens (tertiary/aromatic N) is 2. The summed E-state index contributed by atoms with van der Waals surface area (Å²) in [4.78, 5) is 28.8. The highest BCUT2D eigenvalue weighted by Gasteiger charge is 2.33. The van der Waals surface area contributed by atoms with Crippen molar-refractivity contribution in [3.8, 4) is 11.5 Å². The van der Waals surface area contributed by atoms with E-state index >= 15 is 0 Å². The van der Waals surface area contributed by atoms with Gasteiger partial charge in [-0.3, -0.25) is 13.9 Å². The zero-order chi connectivity index (χ0) is 30.0. The number of benzene rings is 3. The summed E-state index contributed by atoms with van der Waals surface area (Å²) in [6.07, 6.45) is 1.09. The lowest BCUT2D eigenvalue weighted by Gasteiger charge is -2.33. The number of rotatable bonds is 14. The molecule has 0 aliphatic rings. The first-order valence-electron chi connectivity index (χ1n) is 13.6. The molecule has 10 heteroatoms. The standard InChI is InChI=1S/C31H39N3O6S/c1-6-19-32-31(36)29(7-2)33(21-24-9-8-10-27(20-24)40-5)30(35)22-34(25-13-15-26(39-4)16-14-25)41(37,38)28-17-11-23(3)12-18-28/h8-18,20,29H,6-7,19,21-22H2,1-5H3,(H,32,36)/t29-/m0/s1. The van der Waals surface area contributed by atoms with E-state index in [2.05, 4.69) is 5.32 Å². The number of ether oxygens (including phenoxy) is 2. The van der Waals surface area contributed by atoms with E-state index < -0.39 is 28.5 Å². The van der Waals surface area contributed by atoms with Crippen LogP contribution in [0.4, 0.5) is 5.69 Å². The maximum atomic E-state index is 14.1. The Morgan fingerprint density at radius 3 is 2.15 bits per heavy atom. The Kier molecular flexibility index (Phi) is 11.2. The quantitative estimate of drug-likeness (QED) is 0.300. The van der Waals surface area contributed by atoms with Gasteiger partial charge in [0.05, 0.1) is 24.8 Å². The summed E-state index contributed by atoms with van der Waals surface area (Å²) in [7, 11) is -1.07. The summed E-state index contributed by atoms with van der Waals surface area (Å²) in [5, 5.41) is 2.88. The number of anilines is 1. The second kappa shape index (κ2) is 14.5. The lowest BCUT2D eigenvalue weighted by Crippen LogP contribution is -2.52. The van der Waals surface area contributed by atoms with E-state index in [0.717, 1.165) is 21.9 Å². The molecule has 3 aromatic rings. The first-order valence-corrected chi connectivity index (χ1v) is 15.0. The minimum absolute atomic E-state index is 0.0544. The second-order valence-electron chi connectivity index (χ2n) is 9.61. The first-order chi connectivity index (χ1) is 19.6. The summed E-state index contributed by atoms with van der Waals surface area (Å²) in [5.74, 6) is 0.354. The largest absolute Gasteiger partial charge is 0.497 e. The van der Waals surface area contributed by atoms with Gasteiger partial charge >= 0.3 is 0 Å². The third-order valence-corrected chi connectivity index (χ3v) is 8.46. The van der Waals surface area contributed by atoms with E-state index in [0.29, 0.717) is 30.2 Å². The van der Waals surface area contributed by atoms with Crippen LogP contribution in [0.15, 0.2) is 77.7 Å². The Labute approximate surface area is 243 Å². The topological polar surface area (TPSA) is 105 Å². The molecule has 220 valence electrons. The smallest absolute Gasteiger partial charge is 0.264 e. The van der Waals surface area contributed by atoms with Gasteiger partial charge in [-0.1, -0.05) is 43.7 Å². The van der Waals surface area contributed by atoms with Gasteiger partial charge in [0.1, 0.15) is 24.1 Å². The van der Waals surface area contributed by atoms with Crippen molar-refractivity contribution in [2.75, 3.05) is 31.6 Å². The van der Waals surface area contributed by atoms with E-state index in [1.807, 2.05) is 26.8 Å². The molecule has 0 aliphatic carbocycles. The Morgan fingerprint density at radius 1 is 0.902 bits per heavy atom. The van der Waals surface area contributed by atoms with Crippen molar-refractivity contribution in [1.29, 1.82) is 0 Å². The van der Waals surface area contributed by atoms with Crippen LogP contribution in [0.3, 0.4) is 0 Å². The number of methoxy groups -OCH3 is 2. The molecule has 3 aromatic carbocycles. The van der Waals surface area contributed by atoms with Crippen molar-refractivity contribution in [2.24, 2.45) is 0 Å². The molecule has 1 atom stereocenters. The molecule has 0 aromatic heterocycles. The molecular formula is C31H39N3O6S. The summed E-state index contributed by atoms with van der Waals surface area (Å²) < 4.78 is 39.6. The predicted octanol–water partition coefficient (Wildman–Crippen LogP) is 4.54. The van der Waals surface area contributed by atoms with Crippen molar-refractivity contribution in [3.05, 3.63) is 83.9 Å². The highest BCUT2D eigenvalue weighted by atomic mass is 32.2. The van der Waals surface area contributed by atoms with Crippen LogP contribution in [0.1, 0.15) is 37.8 Å². The number of hydrogen-bond donors (Lipinski definition) is 1. The molecule has 0 spiro atoms. The second-order valence-corrected chi connectivity index (χ2v) is 11.5. The van der Waals surface area contributed by atoms with Crippen LogP contribution in [-0.4, -0.2) is 58.5 Å². The van der Waals surface area contributed by atoms with Gasteiger partial charge in [-0.25, -0.2) is 8.42 Å². The molecular weight excluding hydrogens is 542 g/mol. The molecule has 0 radical (unpaired) electrons. The van der Waals surface area contributed by atoms with Gasteiger partial charge in [-0.05, 0) is 73.9 Å². The molecule has 0 bridgehead atoms. The van der Waals surface area contributed by atoms with Crippen molar-refractivity contribution in [1.82, 2.24) is 10.2 Å². The van der Waals surface area contributed by atoms with Crippen LogP contribution >= 0.6 is 0 Å². The van der Waals surface area contributed by atoms with E-state index in [1.54, 1.807) is 61.7 Å². The maximum absolute atomic E-state index is 14.1. The van der Waals surface area contributed by atoms with Gasteiger partial charge in [-0.15, -0.1) is 0 Å². The number of hydrogen-bond acceptors (Lipinski definition) is 6. The Balaban J connectivity index is 2.06. The summed E-state index contributed by atoms with van der Waals surface area (Å²) >= 11 is 0. The Morgan fingerprint density at radius 2 is 1.56 bits per heavy atom. The zero-order valence-electron chi connectivity index (χ0n) is 24.3. The fourth-order valence-corrected chi connectivity index (χ4v) is 5.78. The van der Waals surface area contributed by atoms with Crippen molar-refractivity contribution in [3.63, 3.8) is 0 Å². The maximum Gasteiger partial charge on any atom is 0.264 e. The minimum atomic E-state index is -4.14. The Hall–Kier alpha value is -4.05. The van der Waals surface area contributed by atoms with Crippen LogP contribution in [0.25, 0.3) is 0 Å². The van der Waals surface area contributed by atoms with Gasteiger partial charge in [-0.2, -0.15) is 0 Å². The first kappa shape index (κ1) is 31.5. The Bertz CT molecular complexity index is 1410. The van der Waals surface area contributed by atoms with Gasteiger partial charge in [0.25, 0.3) is 10.0 Å². The molecule has 9 nitrogen and oxygen atoms in total. The number of nitrogens with one attached hydrogen (secondary N) is 1. The van der Waals surface area contributed by atoms with Gasteiger partial charge in [0.15, 0.2) is 0 Å². The molecule has 0 heterocycles. The third kappa shape index (κ3) is 8.00. The highest BCUT2D eigenvalue weighted by molar-refractivity contribution is 7.92. The molecule has 0 aliphatic heterocycles. The van der Waals surface area contributed by atoms with E-state index in [4.69, 9.17) is 9.47 Å². The number of amides is 2. The average molecular weight is 582 g/mol. The molecule has 0 fully saturated rings. The van der Waals surface area contributed by atoms with Crippen LogP contribution in [0, 0.1) is 6.92 Å². The van der Waals surface area contributed by atoms with Crippen molar-refractivity contribution < 1.29 is 27.5 Å². The van der Waals surface area contributed by atoms with Gasteiger partial charge < -0.3 is 19.7 Å². The SMILES string of the molecule is CCCNC(=O)[C@H](CC)N(Cc1cccc(OC)c1)C(=O)CN(c1ccc(OC)cc1)S(=O)(=O)c1ccc(C)cc1. The van der Waals surface area contributed by atoms with Gasteiger partial charge in [0, 0.05) is 13.1 Å². The number of carbonyl (C=O) groups is 2. The van der Waals surface area contributed by atoms with Gasteiger partial charge in [0.2, 0.25) is 11.8 Å². The summed E-state index contributed by atoms with van der Waals surface area (Å²) in [5.41, 5.74) is 1.95. The molecule has 0 saturated heterocycles. The number of aryl methyl sites for hydroxylation is 1. The van der Waals surface area contributed by atoms with Crippen LogP contribution < -0.4 is 19.1 Å². The predicted molar refractivity (Wildman–Crippen MR) is 160 cm³/mol. The minimum Gasteiger partial charge on any atom is -0.497 e. The number of carbonyl (C=O) groups excluding carboxylic acids is 2. The molecule has 41 heavy (non-hydrogen) atoms. The summed E-state index contributed by atoms with van der Waals surface area (Å²) in [6, 6.07) is 19.3. The number of sulfonamides is 1. The van der Waals surface area contributed by atoms with E-state index in [9.17, 15) is 18.0 Å². The molecule has 1 N–H and O–H groups in total. The average Bonchev–Trinajstić information content (AvgIpc) is 2.98. The normalized spacial score (nSPS) is 11.8. The van der Waals surface area contributed by atoms with E-state index in [-0.39, 0.29) is 17.3 Å². The molecule has 0 saturated carbocycles. The summed E-state index contributed by atoms with van der Waals surface area (Å²) in [6.45, 7) is 5.69. The van der Waals surface area contributed by atoms with Crippen molar-refractivity contribution >= 4 is 27.5 Å². The monoisotopic (exact) mass is 581 g/mol. The molecule has 3 rings (SSSR count). The van der Waals surface area contributed by atoms with Crippen molar-refractivity contribution in [2.45, 2.75) is 51.1 Å². The molecule has 0 unspecified atom stereocenters. The van der Waals surface area contributed by atoms with E-state index in [1.165, 1.54) is 24.1 Å². The fraction of sp³-hybridized carbons (Fsp3) is 0.355. The third-order valence-electron chi connectivity index (χ3n) is 6.67. The fourth-order valence-electron chi connectivity index (χ4n) is 4.37. The van der Waals surface area contributed by atoms with Crippen LogP contribution in [0.2, 0.25) is 0 Å². The van der Waals surface area contributed by atoms with Crippen LogP contribution in [0.5, 0.6) is 11.5 Å². The highest BCUT2D eigenvalue weighted by Crippen LogP contribution is 2.27.